The lowest BCUT2D eigenvalue weighted by Gasteiger charge is -2.21. The highest BCUT2D eigenvalue weighted by Gasteiger charge is 2.22. The van der Waals surface area contributed by atoms with E-state index in [1.54, 1.807) is 19.2 Å². The number of likely N-dealkylation sites (tertiary alicyclic amines) is 1. The van der Waals surface area contributed by atoms with Crippen LogP contribution < -0.4 is 10.5 Å². The number of amides is 1. The zero-order valence-electron chi connectivity index (χ0n) is 11.7. The van der Waals surface area contributed by atoms with Crippen molar-refractivity contribution in [2.24, 2.45) is 5.92 Å². The maximum Gasteiger partial charge on any atom is 0.256 e. The van der Waals surface area contributed by atoms with Gasteiger partial charge >= 0.3 is 0 Å². The number of para-hydroxylation sites is 1. The van der Waals surface area contributed by atoms with Gasteiger partial charge in [0.25, 0.3) is 5.91 Å². The lowest BCUT2D eigenvalue weighted by Crippen LogP contribution is -2.32. The van der Waals surface area contributed by atoms with Gasteiger partial charge in [-0.15, -0.1) is 0 Å². The Kier molecular flexibility index (Phi) is 4.30. The fourth-order valence-electron chi connectivity index (χ4n) is 2.54. The molecule has 19 heavy (non-hydrogen) atoms. The van der Waals surface area contributed by atoms with Crippen molar-refractivity contribution in [2.45, 2.75) is 26.2 Å². The van der Waals surface area contributed by atoms with Crippen LogP contribution >= 0.6 is 0 Å². The Labute approximate surface area is 114 Å². The van der Waals surface area contributed by atoms with E-state index in [0.29, 0.717) is 22.9 Å². The first kappa shape index (κ1) is 13.7. The van der Waals surface area contributed by atoms with Crippen LogP contribution in [0, 0.1) is 5.92 Å². The molecule has 0 radical (unpaired) electrons. The van der Waals surface area contributed by atoms with Crippen LogP contribution in [0.3, 0.4) is 0 Å². The van der Waals surface area contributed by atoms with Gasteiger partial charge in [-0.3, -0.25) is 4.79 Å². The molecule has 1 aliphatic heterocycles. The third-order valence-electron chi connectivity index (χ3n) is 3.82. The molecule has 1 aliphatic rings. The van der Waals surface area contributed by atoms with Gasteiger partial charge in [-0.05, 0) is 37.3 Å². The highest BCUT2D eigenvalue weighted by Crippen LogP contribution is 2.27. The van der Waals surface area contributed by atoms with Crippen molar-refractivity contribution in [3.8, 4) is 5.75 Å². The number of hydrogen-bond donors (Lipinski definition) is 1. The minimum absolute atomic E-state index is 0.0190. The molecule has 4 nitrogen and oxygen atoms in total. The van der Waals surface area contributed by atoms with Crippen LogP contribution in [0.4, 0.5) is 5.69 Å². The minimum Gasteiger partial charge on any atom is -0.495 e. The molecule has 0 spiro atoms. The average Bonchev–Trinajstić information content (AvgIpc) is 2.63. The molecular formula is C15H22N2O2. The van der Waals surface area contributed by atoms with E-state index in [-0.39, 0.29) is 5.91 Å². The summed E-state index contributed by atoms with van der Waals surface area (Å²) in [5.74, 6) is 1.28. The van der Waals surface area contributed by atoms with Gasteiger partial charge in [0, 0.05) is 13.1 Å². The Hall–Kier alpha value is -1.71. The SMILES string of the molecule is COc1cccc(C(=O)N2CCCC(C)CC2)c1N. The van der Waals surface area contributed by atoms with Gasteiger partial charge < -0.3 is 15.4 Å². The Bertz CT molecular complexity index is 459. The first-order chi connectivity index (χ1) is 9.13. The molecule has 0 bridgehead atoms. The number of carbonyl (C=O) groups excluding carboxylic acids is 1. The zero-order valence-corrected chi connectivity index (χ0v) is 11.7. The van der Waals surface area contributed by atoms with Crippen molar-refractivity contribution in [1.82, 2.24) is 4.90 Å². The van der Waals surface area contributed by atoms with Gasteiger partial charge in [0.1, 0.15) is 5.75 Å². The Morgan fingerprint density at radius 3 is 2.89 bits per heavy atom. The summed E-state index contributed by atoms with van der Waals surface area (Å²) in [5, 5.41) is 0. The van der Waals surface area contributed by atoms with Gasteiger partial charge in [-0.2, -0.15) is 0 Å². The molecule has 0 aliphatic carbocycles. The van der Waals surface area contributed by atoms with E-state index < -0.39 is 0 Å². The molecule has 1 aromatic rings. The first-order valence-electron chi connectivity index (χ1n) is 6.85. The second-order valence-corrected chi connectivity index (χ2v) is 5.25. The number of nitrogens with two attached hydrogens (primary N) is 1. The smallest absolute Gasteiger partial charge is 0.256 e. The van der Waals surface area contributed by atoms with Crippen LogP contribution in [-0.2, 0) is 0 Å². The molecule has 0 saturated carbocycles. The van der Waals surface area contributed by atoms with Gasteiger partial charge in [0.05, 0.1) is 18.4 Å². The van der Waals surface area contributed by atoms with Crippen molar-refractivity contribution in [2.75, 3.05) is 25.9 Å². The number of methoxy groups -OCH3 is 1. The largest absolute Gasteiger partial charge is 0.495 e. The van der Waals surface area contributed by atoms with Crippen LogP contribution in [0.5, 0.6) is 5.75 Å². The topological polar surface area (TPSA) is 55.6 Å². The van der Waals surface area contributed by atoms with Gasteiger partial charge in [0.15, 0.2) is 0 Å². The van der Waals surface area contributed by atoms with E-state index in [0.717, 1.165) is 25.9 Å². The van der Waals surface area contributed by atoms with Crippen molar-refractivity contribution in [1.29, 1.82) is 0 Å². The summed E-state index contributed by atoms with van der Waals surface area (Å²) in [6.45, 7) is 3.88. The van der Waals surface area contributed by atoms with Crippen molar-refractivity contribution in [3.63, 3.8) is 0 Å². The van der Waals surface area contributed by atoms with Crippen LogP contribution in [0.1, 0.15) is 36.5 Å². The molecule has 1 amide bonds. The van der Waals surface area contributed by atoms with E-state index in [1.165, 1.54) is 6.42 Å². The van der Waals surface area contributed by atoms with E-state index in [2.05, 4.69) is 6.92 Å². The maximum absolute atomic E-state index is 12.5. The van der Waals surface area contributed by atoms with E-state index in [4.69, 9.17) is 10.5 Å². The summed E-state index contributed by atoms with van der Waals surface area (Å²) >= 11 is 0. The predicted octanol–water partition coefficient (Wildman–Crippen LogP) is 2.54. The molecule has 2 rings (SSSR count). The first-order valence-corrected chi connectivity index (χ1v) is 6.85. The summed E-state index contributed by atoms with van der Waals surface area (Å²) in [6.07, 6.45) is 3.32. The number of benzene rings is 1. The number of nitrogens with zero attached hydrogens (tertiary/aromatic N) is 1. The number of carbonyl (C=O) groups is 1. The molecule has 4 heteroatoms. The second kappa shape index (κ2) is 5.95. The molecule has 104 valence electrons. The summed E-state index contributed by atoms with van der Waals surface area (Å²) in [4.78, 5) is 14.4. The lowest BCUT2D eigenvalue weighted by molar-refractivity contribution is 0.0761. The molecular weight excluding hydrogens is 240 g/mol. The fourth-order valence-corrected chi connectivity index (χ4v) is 2.54. The fraction of sp³-hybridized carbons (Fsp3) is 0.533. The van der Waals surface area contributed by atoms with Gasteiger partial charge in [-0.25, -0.2) is 0 Å². The third kappa shape index (κ3) is 3.00. The number of anilines is 1. The van der Waals surface area contributed by atoms with Crippen LogP contribution in [-0.4, -0.2) is 31.0 Å². The Morgan fingerprint density at radius 1 is 1.37 bits per heavy atom. The van der Waals surface area contributed by atoms with Crippen LogP contribution in [0.25, 0.3) is 0 Å². The zero-order chi connectivity index (χ0) is 13.8. The number of ether oxygens (including phenoxy) is 1. The van der Waals surface area contributed by atoms with E-state index in [9.17, 15) is 4.79 Å². The molecule has 2 N–H and O–H groups in total. The van der Waals surface area contributed by atoms with Crippen molar-refractivity contribution >= 4 is 11.6 Å². The predicted molar refractivity (Wildman–Crippen MR) is 76.3 cm³/mol. The molecule has 1 unspecified atom stereocenters. The summed E-state index contributed by atoms with van der Waals surface area (Å²) < 4.78 is 5.17. The lowest BCUT2D eigenvalue weighted by atomic mass is 10.0. The minimum atomic E-state index is 0.0190. The van der Waals surface area contributed by atoms with E-state index >= 15 is 0 Å². The van der Waals surface area contributed by atoms with E-state index in [1.807, 2.05) is 11.0 Å². The Balaban J connectivity index is 2.19. The van der Waals surface area contributed by atoms with Crippen molar-refractivity contribution in [3.05, 3.63) is 23.8 Å². The maximum atomic E-state index is 12.5. The quantitative estimate of drug-likeness (QED) is 0.833. The summed E-state index contributed by atoms with van der Waals surface area (Å²) in [7, 11) is 1.56. The standard InChI is InChI=1S/C15H22N2O2/c1-11-5-4-9-17(10-8-11)15(18)12-6-3-7-13(19-2)14(12)16/h3,6-7,11H,4-5,8-10,16H2,1-2H3. The molecule has 1 heterocycles. The third-order valence-corrected chi connectivity index (χ3v) is 3.82. The number of hydrogen-bond acceptors (Lipinski definition) is 3. The average molecular weight is 262 g/mol. The Morgan fingerprint density at radius 2 is 2.16 bits per heavy atom. The highest BCUT2D eigenvalue weighted by molar-refractivity contribution is 6.00. The monoisotopic (exact) mass is 262 g/mol. The molecule has 1 atom stereocenters. The molecule has 1 fully saturated rings. The van der Waals surface area contributed by atoms with Crippen molar-refractivity contribution < 1.29 is 9.53 Å². The second-order valence-electron chi connectivity index (χ2n) is 5.25. The number of nitrogen functional groups attached to an aromatic ring is 1. The van der Waals surface area contributed by atoms with Crippen LogP contribution in [0.15, 0.2) is 18.2 Å². The summed E-state index contributed by atoms with van der Waals surface area (Å²) in [6, 6.07) is 5.36. The normalized spacial score (nSPS) is 19.9. The number of rotatable bonds is 2. The van der Waals surface area contributed by atoms with Crippen LogP contribution in [0.2, 0.25) is 0 Å². The van der Waals surface area contributed by atoms with Gasteiger partial charge in [0.2, 0.25) is 0 Å². The molecule has 0 aromatic heterocycles. The van der Waals surface area contributed by atoms with Gasteiger partial charge in [-0.1, -0.05) is 13.0 Å². The highest BCUT2D eigenvalue weighted by atomic mass is 16.5. The summed E-state index contributed by atoms with van der Waals surface area (Å²) in [5.41, 5.74) is 6.98. The molecule has 1 aromatic carbocycles. The molecule has 1 saturated heterocycles.